The van der Waals surface area contributed by atoms with Crippen LogP contribution in [0.1, 0.15) is 22.4 Å². The summed E-state index contributed by atoms with van der Waals surface area (Å²) in [5, 5.41) is 4.62. The second kappa shape index (κ2) is 5.12. The molecule has 0 fully saturated rings. The van der Waals surface area contributed by atoms with E-state index in [0.29, 0.717) is 0 Å². The lowest BCUT2D eigenvalue weighted by atomic mass is 10.2. The van der Waals surface area contributed by atoms with Gasteiger partial charge in [-0.3, -0.25) is 0 Å². The van der Waals surface area contributed by atoms with Crippen LogP contribution in [0.25, 0.3) is 0 Å². The topological polar surface area (TPSA) is 24.9 Å². The maximum absolute atomic E-state index is 4.34. The van der Waals surface area contributed by atoms with E-state index >= 15 is 0 Å². The van der Waals surface area contributed by atoms with Gasteiger partial charge in [0.05, 0.1) is 11.6 Å². The fraction of sp³-hybridized carbons (Fsp3) is 0.308. The van der Waals surface area contributed by atoms with Crippen molar-refractivity contribution < 1.29 is 0 Å². The summed E-state index contributed by atoms with van der Waals surface area (Å²) in [6, 6.07) is 8.42. The number of hydrogen-bond acceptors (Lipinski definition) is 3. The maximum atomic E-state index is 4.34. The summed E-state index contributed by atoms with van der Waals surface area (Å²) in [5.74, 6) is 0. The molecule has 0 aliphatic carbocycles. The Labute approximate surface area is 100 Å². The number of rotatable bonds is 4. The van der Waals surface area contributed by atoms with Crippen LogP contribution in [0.3, 0.4) is 0 Å². The van der Waals surface area contributed by atoms with E-state index in [4.69, 9.17) is 0 Å². The predicted octanol–water partition coefficient (Wildman–Crippen LogP) is 3.63. The number of hydrogen-bond donors (Lipinski definition) is 1. The number of benzene rings is 1. The van der Waals surface area contributed by atoms with Crippen LogP contribution in [0.15, 0.2) is 30.5 Å². The Bertz CT molecular complexity index is 462. The lowest BCUT2D eigenvalue weighted by molar-refractivity contribution is 1.09. The fourth-order valence-corrected chi connectivity index (χ4v) is 2.34. The Hall–Kier alpha value is -1.35. The second-order valence-electron chi connectivity index (χ2n) is 3.80. The van der Waals surface area contributed by atoms with Crippen LogP contribution in [0.4, 0.5) is 5.69 Å². The lowest BCUT2D eigenvalue weighted by Gasteiger charge is -2.04. The minimum Gasteiger partial charge on any atom is -0.380 e. The van der Waals surface area contributed by atoms with E-state index in [-0.39, 0.29) is 0 Å². The highest BCUT2D eigenvalue weighted by atomic mass is 32.1. The monoisotopic (exact) mass is 232 g/mol. The van der Waals surface area contributed by atoms with Crippen molar-refractivity contribution in [2.45, 2.75) is 26.8 Å². The van der Waals surface area contributed by atoms with Crippen LogP contribution >= 0.6 is 11.3 Å². The minimum atomic E-state index is 0.862. The van der Waals surface area contributed by atoms with Crippen LogP contribution in [-0.4, -0.2) is 4.98 Å². The van der Waals surface area contributed by atoms with Gasteiger partial charge in [-0.05, 0) is 31.0 Å². The first-order chi connectivity index (χ1) is 7.78. The zero-order valence-corrected chi connectivity index (χ0v) is 10.5. The first kappa shape index (κ1) is 11.1. The highest BCUT2D eigenvalue weighted by Crippen LogP contribution is 2.16. The summed E-state index contributed by atoms with van der Waals surface area (Å²) in [5.41, 5.74) is 2.45. The quantitative estimate of drug-likeness (QED) is 0.870. The van der Waals surface area contributed by atoms with Gasteiger partial charge >= 0.3 is 0 Å². The Morgan fingerprint density at radius 2 is 2.25 bits per heavy atom. The van der Waals surface area contributed by atoms with Crippen molar-refractivity contribution in [2.24, 2.45) is 0 Å². The molecule has 1 aromatic heterocycles. The average Bonchev–Trinajstić information content (AvgIpc) is 2.74. The highest BCUT2D eigenvalue weighted by molar-refractivity contribution is 7.11. The van der Waals surface area contributed by atoms with E-state index in [1.165, 1.54) is 21.1 Å². The molecule has 84 valence electrons. The predicted molar refractivity (Wildman–Crippen MR) is 70.0 cm³/mol. The molecule has 2 aromatic rings. The third-order valence-electron chi connectivity index (χ3n) is 2.39. The van der Waals surface area contributed by atoms with Crippen LogP contribution in [0, 0.1) is 6.92 Å². The molecule has 0 saturated carbocycles. The molecule has 16 heavy (non-hydrogen) atoms. The summed E-state index contributed by atoms with van der Waals surface area (Å²) in [6.07, 6.45) is 2.99. The molecule has 2 rings (SSSR count). The molecular weight excluding hydrogens is 216 g/mol. The molecule has 0 aliphatic rings. The van der Waals surface area contributed by atoms with Crippen molar-refractivity contribution in [3.05, 3.63) is 45.9 Å². The number of aromatic nitrogens is 1. The normalized spacial score (nSPS) is 10.4. The highest BCUT2D eigenvalue weighted by Gasteiger charge is 1.99. The van der Waals surface area contributed by atoms with Gasteiger partial charge in [0.2, 0.25) is 0 Å². The van der Waals surface area contributed by atoms with E-state index in [1.54, 1.807) is 11.3 Å². The lowest BCUT2D eigenvalue weighted by Crippen LogP contribution is -1.97. The molecule has 0 radical (unpaired) electrons. The summed E-state index contributed by atoms with van der Waals surface area (Å²) >= 11 is 1.78. The third-order valence-corrected chi connectivity index (χ3v) is 3.53. The van der Waals surface area contributed by atoms with Gasteiger partial charge < -0.3 is 5.32 Å². The summed E-state index contributed by atoms with van der Waals surface area (Å²) in [7, 11) is 0. The van der Waals surface area contributed by atoms with E-state index in [1.807, 2.05) is 6.20 Å². The molecule has 0 unspecified atom stereocenters. The van der Waals surface area contributed by atoms with Crippen molar-refractivity contribution in [2.75, 3.05) is 5.32 Å². The van der Waals surface area contributed by atoms with E-state index in [9.17, 15) is 0 Å². The van der Waals surface area contributed by atoms with E-state index in [2.05, 4.69) is 48.4 Å². The molecule has 3 heteroatoms. The van der Waals surface area contributed by atoms with Gasteiger partial charge in [0.1, 0.15) is 0 Å². The Morgan fingerprint density at radius 3 is 2.94 bits per heavy atom. The van der Waals surface area contributed by atoms with Crippen molar-refractivity contribution >= 4 is 17.0 Å². The number of nitrogens with zero attached hydrogens (tertiary/aromatic N) is 1. The van der Waals surface area contributed by atoms with Gasteiger partial charge in [0.15, 0.2) is 0 Å². The van der Waals surface area contributed by atoms with Crippen LogP contribution < -0.4 is 5.32 Å². The number of thiazole rings is 1. The first-order valence-corrected chi connectivity index (χ1v) is 6.33. The number of aryl methyl sites for hydroxylation is 2. The Kier molecular flexibility index (Phi) is 3.57. The molecule has 0 aliphatic heterocycles. The van der Waals surface area contributed by atoms with Crippen molar-refractivity contribution in [3.8, 4) is 0 Å². The third kappa shape index (κ3) is 2.83. The standard InChI is InChI=1S/C13H16N2S/c1-3-13-15-9-12(16-13)8-14-11-6-4-5-10(2)7-11/h4-7,9,14H,3,8H2,1-2H3. The van der Waals surface area contributed by atoms with Gasteiger partial charge in [-0.25, -0.2) is 4.98 Å². The Balaban J connectivity index is 1.96. The van der Waals surface area contributed by atoms with Crippen molar-refractivity contribution in [3.63, 3.8) is 0 Å². The minimum absolute atomic E-state index is 0.862. The first-order valence-electron chi connectivity index (χ1n) is 5.52. The molecule has 0 bridgehead atoms. The van der Waals surface area contributed by atoms with Crippen LogP contribution in [0.5, 0.6) is 0 Å². The summed E-state index contributed by atoms with van der Waals surface area (Å²) < 4.78 is 0. The van der Waals surface area contributed by atoms with Crippen LogP contribution in [0.2, 0.25) is 0 Å². The van der Waals surface area contributed by atoms with Crippen molar-refractivity contribution in [1.82, 2.24) is 4.98 Å². The second-order valence-corrected chi connectivity index (χ2v) is 5.00. The zero-order chi connectivity index (χ0) is 11.4. The van der Waals surface area contributed by atoms with E-state index < -0.39 is 0 Å². The number of nitrogens with one attached hydrogen (secondary N) is 1. The fourth-order valence-electron chi connectivity index (χ4n) is 1.54. The molecule has 2 nitrogen and oxygen atoms in total. The van der Waals surface area contributed by atoms with Crippen molar-refractivity contribution in [1.29, 1.82) is 0 Å². The molecule has 1 N–H and O–H groups in total. The molecule has 0 spiro atoms. The van der Waals surface area contributed by atoms with Gasteiger partial charge in [0.25, 0.3) is 0 Å². The SMILES string of the molecule is CCc1ncc(CNc2cccc(C)c2)s1. The summed E-state index contributed by atoms with van der Waals surface area (Å²) in [6.45, 7) is 5.10. The largest absolute Gasteiger partial charge is 0.380 e. The van der Waals surface area contributed by atoms with Crippen LogP contribution in [-0.2, 0) is 13.0 Å². The van der Waals surface area contributed by atoms with Gasteiger partial charge in [-0.2, -0.15) is 0 Å². The molecule has 1 heterocycles. The molecular formula is C13H16N2S. The average molecular weight is 232 g/mol. The summed E-state index contributed by atoms with van der Waals surface area (Å²) in [4.78, 5) is 5.63. The van der Waals surface area contributed by atoms with Gasteiger partial charge in [0, 0.05) is 16.8 Å². The maximum Gasteiger partial charge on any atom is 0.0925 e. The zero-order valence-electron chi connectivity index (χ0n) is 9.66. The molecule has 0 amide bonds. The Morgan fingerprint density at radius 1 is 1.38 bits per heavy atom. The number of anilines is 1. The van der Waals surface area contributed by atoms with Gasteiger partial charge in [-0.1, -0.05) is 19.1 Å². The van der Waals surface area contributed by atoms with E-state index in [0.717, 1.165) is 13.0 Å². The molecule has 0 atom stereocenters. The smallest absolute Gasteiger partial charge is 0.0925 e. The molecule has 0 saturated heterocycles. The van der Waals surface area contributed by atoms with Gasteiger partial charge in [-0.15, -0.1) is 11.3 Å². The molecule has 1 aromatic carbocycles.